The van der Waals surface area contributed by atoms with Crippen LogP contribution in [0.3, 0.4) is 0 Å². The number of rotatable bonds is 7. The molecular weight excluding hydrogens is 420 g/mol. The van der Waals surface area contributed by atoms with Gasteiger partial charge in [-0.2, -0.15) is 5.10 Å². The molecule has 28 heavy (non-hydrogen) atoms. The van der Waals surface area contributed by atoms with E-state index in [0.29, 0.717) is 18.1 Å². The molecule has 2 rings (SSSR count). The van der Waals surface area contributed by atoms with Gasteiger partial charge < -0.3 is 5.11 Å². The van der Waals surface area contributed by atoms with Crippen molar-refractivity contribution >= 4 is 47.2 Å². The van der Waals surface area contributed by atoms with Gasteiger partial charge in [-0.1, -0.05) is 11.6 Å². The predicted octanol–water partition coefficient (Wildman–Crippen LogP) is 3.41. The van der Waals surface area contributed by atoms with Gasteiger partial charge in [0, 0.05) is 23.0 Å². The SMILES string of the molecule is CCn1c(O)c(/C(C)=N/NC(=O)CSc2ccc(Cl)cc2)c(=O)n(CC)c1=S. The molecule has 2 aromatic rings. The molecule has 2 N–H and O–H groups in total. The minimum atomic E-state index is -0.444. The minimum absolute atomic E-state index is 0.0166. The number of hydrogen-bond acceptors (Lipinski definition) is 6. The first-order valence-corrected chi connectivity index (χ1v) is 10.4. The Morgan fingerprint density at radius 1 is 1.25 bits per heavy atom. The van der Waals surface area contributed by atoms with Crippen molar-refractivity contribution in [2.75, 3.05) is 5.75 Å². The Labute approximate surface area is 177 Å². The molecule has 0 aliphatic rings. The average Bonchev–Trinajstić information content (AvgIpc) is 2.66. The zero-order valence-corrected chi connectivity index (χ0v) is 18.1. The molecule has 0 aliphatic heterocycles. The highest BCUT2D eigenvalue weighted by Crippen LogP contribution is 2.20. The van der Waals surface area contributed by atoms with Crippen LogP contribution in [0.2, 0.25) is 5.02 Å². The second-order valence-corrected chi connectivity index (χ2v) is 7.60. The van der Waals surface area contributed by atoms with Gasteiger partial charge in [-0.05, 0) is 57.3 Å². The highest BCUT2D eigenvalue weighted by Gasteiger charge is 2.18. The molecule has 0 bridgehead atoms. The summed E-state index contributed by atoms with van der Waals surface area (Å²) in [5.74, 6) is -0.449. The van der Waals surface area contributed by atoms with Gasteiger partial charge in [-0.25, -0.2) is 5.43 Å². The molecule has 0 saturated carbocycles. The van der Waals surface area contributed by atoms with Gasteiger partial charge in [0.2, 0.25) is 11.8 Å². The summed E-state index contributed by atoms with van der Waals surface area (Å²) in [6.45, 7) is 5.91. The Morgan fingerprint density at radius 2 is 1.86 bits per heavy atom. The number of aromatic hydroxyl groups is 1. The maximum absolute atomic E-state index is 12.6. The number of thioether (sulfide) groups is 1. The lowest BCUT2D eigenvalue weighted by Crippen LogP contribution is -2.31. The molecule has 1 aromatic carbocycles. The second kappa shape index (κ2) is 9.90. The van der Waals surface area contributed by atoms with Crippen LogP contribution >= 0.6 is 35.6 Å². The Kier molecular flexibility index (Phi) is 7.85. The zero-order chi connectivity index (χ0) is 20.8. The fourth-order valence-electron chi connectivity index (χ4n) is 2.48. The highest BCUT2D eigenvalue weighted by molar-refractivity contribution is 8.00. The quantitative estimate of drug-likeness (QED) is 0.298. The maximum atomic E-state index is 12.6. The van der Waals surface area contributed by atoms with E-state index in [0.717, 1.165) is 4.90 Å². The molecule has 1 amide bonds. The molecule has 1 heterocycles. The number of hydrazone groups is 1. The molecule has 0 radical (unpaired) electrons. The molecule has 10 heteroatoms. The standard InChI is InChI=1S/C18H21ClN4O3S2/c1-4-22-16(25)15(17(26)23(5-2)18(22)27)11(3)20-21-14(24)10-28-13-8-6-12(19)7-9-13/h6-9,25H,4-5,10H2,1-3H3,(H,21,24)/b20-11+. The maximum Gasteiger partial charge on any atom is 0.267 e. The fraction of sp³-hybridized carbons (Fsp3) is 0.333. The van der Waals surface area contributed by atoms with E-state index in [2.05, 4.69) is 10.5 Å². The minimum Gasteiger partial charge on any atom is -0.494 e. The number of halogens is 1. The van der Waals surface area contributed by atoms with E-state index in [4.69, 9.17) is 23.8 Å². The molecule has 0 fully saturated rings. The summed E-state index contributed by atoms with van der Waals surface area (Å²) in [7, 11) is 0. The van der Waals surface area contributed by atoms with Gasteiger partial charge in [-0.15, -0.1) is 11.8 Å². The lowest BCUT2D eigenvalue weighted by atomic mass is 10.2. The molecular formula is C18H21ClN4O3S2. The lowest BCUT2D eigenvalue weighted by molar-refractivity contribution is -0.118. The van der Waals surface area contributed by atoms with E-state index >= 15 is 0 Å². The van der Waals surface area contributed by atoms with E-state index in [9.17, 15) is 14.7 Å². The summed E-state index contributed by atoms with van der Waals surface area (Å²) < 4.78 is 3.07. The first-order valence-electron chi connectivity index (χ1n) is 8.58. The molecule has 0 spiro atoms. The monoisotopic (exact) mass is 440 g/mol. The van der Waals surface area contributed by atoms with E-state index in [1.165, 1.54) is 20.9 Å². The normalized spacial score (nSPS) is 11.5. The number of nitrogens with zero attached hydrogens (tertiary/aromatic N) is 3. The van der Waals surface area contributed by atoms with Crippen molar-refractivity contribution in [1.29, 1.82) is 0 Å². The fourth-order valence-corrected chi connectivity index (χ4v) is 3.73. The average molecular weight is 441 g/mol. The van der Waals surface area contributed by atoms with Crippen molar-refractivity contribution in [2.45, 2.75) is 38.8 Å². The topological polar surface area (TPSA) is 88.6 Å². The summed E-state index contributed by atoms with van der Waals surface area (Å²) >= 11 is 12.4. The summed E-state index contributed by atoms with van der Waals surface area (Å²) in [6.07, 6.45) is 0. The van der Waals surface area contributed by atoms with Crippen LogP contribution in [0.4, 0.5) is 0 Å². The molecule has 0 atom stereocenters. The van der Waals surface area contributed by atoms with Crippen molar-refractivity contribution in [2.24, 2.45) is 5.10 Å². The van der Waals surface area contributed by atoms with Crippen LogP contribution in [0.5, 0.6) is 5.88 Å². The first-order chi connectivity index (χ1) is 13.3. The molecule has 150 valence electrons. The van der Waals surface area contributed by atoms with Crippen molar-refractivity contribution in [3.05, 3.63) is 50.0 Å². The van der Waals surface area contributed by atoms with Gasteiger partial charge in [0.15, 0.2) is 4.77 Å². The third-order valence-electron chi connectivity index (χ3n) is 3.93. The molecule has 0 aliphatic carbocycles. The smallest absolute Gasteiger partial charge is 0.267 e. The van der Waals surface area contributed by atoms with Crippen LogP contribution in [0, 0.1) is 4.77 Å². The summed E-state index contributed by atoms with van der Waals surface area (Å²) in [6, 6.07) is 7.13. The van der Waals surface area contributed by atoms with Crippen LogP contribution in [0.15, 0.2) is 39.1 Å². The van der Waals surface area contributed by atoms with Crippen molar-refractivity contribution in [3.63, 3.8) is 0 Å². The third kappa shape index (κ3) is 5.03. The van der Waals surface area contributed by atoms with Gasteiger partial charge in [0.25, 0.3) is 5.56 Å². The largest absolute Gasteiger partial charge is 0.494 e. The Balaban J connectivity index is 2.18. The van der Waals surface area contributed by atoms with E-state index in [1.54, 1.807) is 26.0 Å². The van der Waals surface area contributed by atoms with E-state index in [-0.39, 0.29) is 33.6 Å². The number of benzene rings is 1. The Bertz CT molecular complexity index is 1010. The van der Waals surface area contributed by atoms with Gasteiger partial charge in [-0.3, -0.25) is 18.7 Å². The number of aromatic nitrogens is 2. The molecule has 1 aromatic heterocycles. The van der Waals surface area contributed by atoms with Gasteiger partial charge in [0.05, 0.1) is 11.5 Å². The van der Waals surface area contributed by atoms with Crippen LogP contribution in [-0.2, 0) is 17.9 Å². The number of amides is 1. The number of nitrogens with one attached hydrogen (secondary N) is 1. The van der Waals surface area contributed by atoms with Crippen LogP contribution in [0.25, 0.3) is 0 Å². The highest BCUT2D eigenvalue weighted by atomic mass is 35.5. The summed E-state index contributed by atoms with van der Waals surface area (Å²) in [4.78, 5) is 25.6. The lowest BCUT2D eigenvalue weighted by Gasteiger charge is -2.15. The number of carbonyl (C=O) groups excluding carboxylic acids is 1. The van der Waals surface area contributed by atoms with Gasteiger partial charge in [0.1, 0.15) is 5.56 Å². The van der Waals surface area contributed by atoms with Crippen LogP contribution in [0.1, 0.15) is 26.3 Å². The Morgan fingerprint density at radius 3 is 2.43 bits per heavy atom. The summed E-state index contributed by atoms with van der Waals surface area (Å²) in [5.41, 5.74) is 2.19. The van der Waals surface area contributed by atoms with Crippen LogP contribution in [-0.4, -0.2) is 31.6 Å². The van der Waals surface area contributed by atoms with Crippen molar-refractivity contribution in [3.8, 4) is 5.88 Å². The third-order valence-corrected chi connectivity index (χ3v) is 5.63. The van der Waals surface area contributed by atoms with Crippen molar-refractivity contribution in [1.82, 2.24) is 14.6 Å². The molecule has 7 nitrogen and oxygen atoms in total. The van der Waals surface area contributed by atoms with Crippen molar-refractivity contribution < 1.29 is 9.90 Å². The van der Waals surface area contributed by atoms with Gasteiger partial charge >= 0.3 is 0 Å². The second-order valence-electron chi connectivity index (χ2n) is 5.75. The first kappa shape index (κ1) is 22.2. The predicted molar refractivity (Wildman–Crippen MR) is 115 cm³/mol. The van der Waals surface area contributed by atoms with Crippen LogP contribution < -0.4 is 11.0 Å². The number of hydrogen-bond donors (Lipinski definition) is 2. The zero-order valence-electron chi connectivity index (χ0n) is 15.7. The molecule has 0 unspecified atom stereocenters. The Hall–Kier alpha value is -2.10. The molecule has 0 saturated heterocycles. The summed E-state index contributed by atoms with van der Waals surface area (Å²) in [5, 5.41) is 15.1. The van der Waals surface area contributed by atoms with E-state index in [1.807, 2.05) is 19.1 Å². The van der Waals surface area contributed by atoms with E-state index < -0.39 is 5.56 Å². The number of carbonyl (C=O) groups is 1.